The van der Waals surface area contributed by atoms with Gasteiger partial charge in [0.05, 0.1) is 5.69 Å². The Morgan fingerprint density at radius 2 is 2.50 bits per heavy atom. The highest BCUT2D eigenvalue weighted by molar-refractivity contribution is 5.56. The molecule has 52 valence electrons. The van der Waals surface area contributed by atoms with Crippen molar-refractivity contribution in [2.45, 2.75) is 0 Å². The number of fused-ring (bicyclic) bond motifs is 1. The number of aromatic nitrogens is 1. The lowest BCUT2D eigenvalue weighted by molar-refractivity contribution is 0.368. The number of anilines is 1. The SMILES string of the molecule is O=c1[nH]ccc2c1OCN2. The summed E-state index contributed by atoms with van der Waals surface area (Å²) in [6.45, 7) is 0.391. The first-order valence-corrected chi connectivity index (χ1v) is 2.96. The number of hydrogen-bond acceptors (Lipinski definition) is 3. The summed E-state index contributed by atoms with van der Waals surface area (Å²) in [6, 6.07) is 1.77. The Balaban J connectivity index is 2.70. The van der Waals surface area contributed by atoms with Crippen LogP contribution in [0.2, 0.25) is 0 Å². The van der Waals surface area contributed by atoms with Crippen molar-refractivity contribution in [2.24, 2.45) is 0 Å². The molecule has 0 amide bonds. The number of pyridine rings is 1. The molecule has 0 saturated carbocycles. The molecule has 1 aliphatic heterocycles. The molecule has 0 spiro atoms. The molecule has 1 aliphatic rings. The highest BCUT2D eigenvalue weighted by Crippen LogP contribution is 2.22. The van der Waals surface area contributed by atoms with Crippen LogP contribution >= 0.6 is 0 Å². The number of nitrogens with one attached hydrogen (secondary N) is 2. The molecule has 0 aliphatic carbocycles. The van der Waals surface area contributed by atoms with Gasteiger partial charge in [-0.3, -0.25) is 4.79 Å². The van der Waals surface area contributed by atoms with Crippen LogP contribution in [0.4, 0.5) is 5.69 Å². The standard InChI is InChI=1S/C6H6N2O2/c9-6-5-4(1-2-7-6)8-3-10-5/h1-2,8H,3H2,(H,7,9). The third-order valence-corrected chi connectivity index (χ3v) is 1.39. The molecule has 0 fully saturated rings. The van der Waals surface area contributed by atoms with E-state index in [1.54, 1.807) is 12.3 Å². The molecule has 0 radical (unpaired) electrons. The van der Waals surface area contributed by atoms with Gasteiger partial charge in [-0.05, 0) is 6.07 Å². The van der Waals surface area contributed by atoms with E-state index in [4.69, 9.17) is 4.74 Å². The molecule has 0 bridgehead atoms. The van der Waals surface area contributed by atoms with Gasteiger partial charge < -0.3 is 15.0 Å². The second-order valence-electron chi connectivity index (χ2n) is 2.02. The number of rotatable bonds is 0. The van der Waals surface area contributed by atoms with Crippen molar-refractivity contribution in [1.29, 1.82) is 0 Å². The summed E-state index contributed by atoms with van der Waals surface area (Å²) in [5, 5.41) is 2.90. The number of hydrogen-bond donors (Lipinski definition) is 2. The normalized spacial score (nSPS) is 13.6. The Kier molecular flexibility index (Phi) is 0.943. The predicted molar refractivity (Wildman–Crippen MR) is 36.2 cm³/mol. The van der Waals surface area contributed by atoms with Crippen molar-refractivity contribution in [3.8, 4) is 5.75 Å². The largest absolute Gasteiger partial charge is 0.465 e. The van der Waals surface area contributed by atoms with Crippen molar-refractivity contribution in [1.82, 2.24) is 4.98 Å². The minimum absolute atomic E-state index is 0.178. The van der Waals surface area contributed by atoms with Crippen LogP contribution in [0, 0.1) is 0 Å². The summed E-state index contributed by atoms with van der Waals surface area (Å²) in [7, 11) is 0. The summed E-state index contributed by atoms with van der Waals surface area (Å²) < 4.78 is 4.97. The van der Waals surface area contributed by atoms with E-state index in [0.717, 1.165) is 5.69 Å². The third-order valence-electron chi connectivity index (χ3n) is 1.39. The molecule has 4 heteroatoms. The summed E-state index contributed by atoms with van der Waals surface area (Å²) >= 11 is 0. The summed E-state index contributed by atoms with van der Waals surface area (Å²) in [5.41, 5.74) is 0.589. The van der Waals surface area contributed by atoms with Crippen LogP contribution in [0.5, 0.6) is 5.75 Å². The Morgan fingerprint density at radius 1 is 1.60 bits per heavy atom. The molecule has 0 saturated heterocycles. The van der Waals surface area contributed by atoms with E-state index in [9.17, 15) is 4.79 Å². The van der Waals surface area contributed by atoms with Gasteiger partial charge in [-0.1, -0.05) is 0 Å². The lowest BCUT2D eigenvalue weighted by Gasteiger charge is -1.91. The zero-order valence-electron chi connectivity index (χ0n) is 5.18. The van der Waals surface area contributed by atoms with Crippen LogP contribution in [0.15, 0.2) is 17.1 Å². The molecule has 1 aromatic rings. The van der Waals surface area contributed by atoms with Gasteiger partial charge in [-0.25, -0.2) is 0 Å². The van der Waals surface area contributed by atoms with E-state index in [1.165, 1.54) is 0 Å². The average molecular weight is 138 g/mol. The van der Waals surface area contributed by atoms with Crippen molar-refractivity contribution in [3.05, 3.63) is 22.6 Å². The lowest BCUT2D eigenvalue weighted by atomic mass is 10.4. The van der Waals surface area contributed by atoms with Crippen molar-refractivity contribution >= 4 is 5.69 Å². The van der Waals surface area contributed by atoms with Crippen LogP contribution in [-0.4, -0.2) is 11.7 Å². The summed E-state index contributed by atoms with van der Waals surface area (Å²) in [4.78, 5) is 13.4. The predicted octanol–water partition coefficient (Wildman–Crippen LogP) is 0.137. The van der Waals surface area contributed by atoms with Crippen molar-refractivity contribution in [3.63, 3.8) is 0 Å². The van der Waals surface area contributed by atoms with Gasteiger partial charge in [-0.2, -0.15) is 0 Å². The average Bonchev–Trinajstić information content (AvgIpc) is 2.36. The molecule has 0 unspecified atom stereocenters. The quantitative estimate of drug-likeness (QED) is 0.536. The maximum Gasteiger partial charge on any atom is 0.292 e. The van der Waals surface area contributed by atoms with E-state index in [2.05, 4.69) is 10.3 Å². The molecular weight excluding hydrogens is 132 g/mol. The van der Waals surface area contributed by atoms with Crippen LogP contribution in [0.1, 0.15) is 0 Å². The molecule has 2 rings (SSSR count). The van der Waals surface area contributed by atoms with Gasteiger partial charge >= 0.3 is 0 Å². The lowest BCUT2D eigenvalue weighted by Crippen LogP contribution is -2.05. The molecule has 1 aromatic heterocycles. The second kappa shape index (κ2) is 1.76. The van der Waals surface area contributed by atoms with E-state index < -0.39 is 0 Å². The fourth-order valence-electron chi connectivity index (χ4n) is 0.933. The first-order chi connectivity index (χ1) is 4.88. The zero-order chi connectivity index (χ0) is 6.97. The smallest absolute Gasteiger partial charge is 0.292 e. The molecular formula is C6H6N2O2. The van der Waals surface area contributed by atoms with Crippen molar-refractivity contribution in [2.75, 3.05) is 12.0 Å². The fraction of sp³-hybridized carbons (Fsp3) is 0.167. The van der Waals surface area contributed by atoms with Crippen LogP contribution in [0.3, 0.4) is 0 Å². The van der Waals surface area contributed by atoms with Gasteiger partial charge in [0.15, 0.2) is 6.73 Å². The first kappa shape index (κ1) is 5.34. The molecule has 10 heavy (non-hydrogen) atoms. The van der Waals surface area contributed by atoms with Gasteiger partial charge in [0, 0.05) is 6.20 Å². The number of H-pyrrole nitrogens is 1. The van der Waals surface area contributed by atoms with Crippen LogP contribution < -0.4 is 15.6 Å². The summed E-state index contributed by atoms with van der Waals surface area (Å²) in [6.07, 6.45) is 1.59. The molecule has 2 heterocycles. The molecule has 0 atom stereocenters. The van der Waals surface area contributed by atoms with E-state index in [0.29, 0.717) is 12.5 Å². The number of aromatic amines is 1. The Labute approximate surface area is 56.8 Å². The van der Waals surface area contributed by atoms with Crippen LogP contribution in [0.25, 0.3) is 0 Å². The zero-order valence-corrected chi connectivity index (χ0v) is 5.18. The van der Waals surface area contributed by atoms with E-state index in [1.807, 2.05) is 0 Å². The molecule has 2 N–H and O–H groups in total. The maximum atomic E-state index is 10.9. The van der Waals surface area contributed by atoms with Crippen LogP contribution in [-0.2, 0) is 0 Å². The topological polar surface area (TPSA) is 54.1 Å². The summed E-state index contributed by atoms with van der Waals surface area (Å²) in [5.74, 6) is 0.391. The highest BCUT2D eigenvalue weighted by Gasteiger charge is 2.12. The minimum atomic E-state index is -0.178. The molecule has 0 aromatic carbocycles. The molecule has 4 nitrogen and oxygen atoms in total. The van der Waals surface area contributed by atoms with Gasteiger partial charge in [-0.15, -0.1) is 0 Å². The maximum absolute atomic E-state index is 10.9. The third kappa shape index (κ3) is 0.586. The Bertz CT molecular complexity index is 305. The van der Waals surface area contributed by atoms with Gasteiger partial charge in [0.1, 0.15) is 0 Å². The Morgan fingerprint density at radius 3 is 3.30 bits per heavy atom. The Hall–Kier alpha value is -1.45. The number of ether oxygens (including phenoxy) is 1. The fourth-order valence-corrected chi connectivity index (χ4v) is 0.933. The first-order valence-electron chi connectivity index (χ1n) is 2.96. The van der Waals surface area contributed by atoms with E-state index >= 15 is 0 Å². The van der Waals surface area contributed by atoms with Crippen molar-refractivity contribution < 1.29 is 4.74 Å². The van der Waals surface area contributed by atoms with Gasteiger partial charge in [0.25, 0.3) is 5.56 Å². The van der Waals surface area contributed by atoms with E-state index in [-0.39, 0.29) is 5.56 Å². The monoisotopic (exact) mass is 138 g/mol. The van der Waals surface area contributed by atoms with Gasteiger partial charge in [0.2, 0.25) is 5.75 Å². The highest BCUT2D eigenvalue weighted by atomic mass is 16.5. The minimum Gasteiger partial charge on any atom is -0.465 e. The second-order valence-corrected chi connectivity index (χ2v) is 2.02.